The molecule has 2 rings (SSSR count). The highest BCUT2D eigenvalue weighted by Gasteiger charge is 2.33. The van der Waals surface area contributed by atoms with Gasteiger partial charge in [-0.2, -0.15) is 0 Å². The molecule has 0 spiro atoms. The van der Waals surface area contributed by atoms with E-state index in [0.717, 1.165) is 30.4 Å². The van der Waals surface area contributed by atoms with Crippen molar-refractivity contribution in [1.29, 1.82) is 0 Å². The Bertz CT molecular complexity index is 558. The maximum absolute atomic E-state index is 12.5. The Morgan fingerprint density at radius 3 is 2.14 bits per heavy atom. The molecule has 0 radical (unpaired) electrons. The maximum Gasteiger partial charge on any atom is 0.218 e. The first-order valence-electron chi connectivity index (χ1n) is 7.55. The number of rotatable bonds is 5. The van der Waals surface area contributed by atoms with Crippen LogP contribution in [0.5, 0.6) is 0 Å². The summed E-state index contributed by atoms with van der Waals surface area (Å²) < 4.78 is 26.6. The van der Waals surface area contributed by atoms with Crippen LogP contribution in [0.15, 0.2) is 24.3 Å². The fraction of sp³-hybridized carbons (Fsp3) is 0.625. The van der Waals surface area contributed by atoms with Crippen LogP contribution in [-0.2, 0) is 22.4 Å². The third-order valence-electron chi connectivity index (χ3n) is 4.73. The zero-order chi connectivity index (χ0) is 15.5. The van der Waals surface area contributed by atoms with Crippen molar-refractivity contribution >= 4 is 10.0 Å². The smallest absolute Gasteiger partial charge is 0.218 e. The van der Waals surface area contributed by atoms with Crippen LogP contribution in [0.3, 0.4) is 0 Å². The summed E-state index contributed by atoms with van der Waals surface area (Å²) in [5.74, 6) is 0.0432. The molecule has 4 nitrogen and oxygen atoms in total. The summed E-state index contributed by atoms with van der Waals surface area (Å²) in [6.07, 6.45) is 2.97. The van der Waals surface area contributed by atoms with E-state index in [-0.39, 0.29) is 17.8 Å². The van der Waals surface area contributed by atoms with E-state index < -0.39 is 10.0 Å². The predicted octanol–water partition coefficient (Wildman–Crippen LogP) is 2.52. The average molecular weight is 311 g/mol. The molecule has 5 heteroatoms. The quantitative estimate of drug-likeness (QED) is 0.909. The van der Waals surface area contributed by atoms with Crippen molar-refractivity contribution < 1.29 is 13.5 Å². The SMILES string of the molecule is CCC1(C)CCN(S(=O)(=O)Cc2ccc(CO)cc2)CC1. The van der Waals surface area contributed by atoms with Gasteiger partial charge in [-0.25, -0.2) is 12.7 Å². The van der Waals surface area contributed by atoms with Crippen molar-refractivity contribution in [3.05, 3.63) is 35.4 Å². The van der Waals surface area contributed by atoms with Crippen LogP contribution in [0, 0.1) is 5.41 Å². The summed E-state index contributed by atoms with van der Waals surface area (Å²) in [6.45, 7) is 5.65. The van der Waals surface area contributed by atoms with Crippen molar-refractivity contribution in [2.75, 3.05) is 13.1 Å². The number of hydrogen-bond donors (Lipinski definition) is 1. The van der Waals surface area contributed by atoms with Crippen LogP contribution in [0.4, 0.5) is 0 Å². The van der Waals surface area contributed by atoms with E-state index in [2.05, 4.69) is 13.8 Å². The van der Waals surface area contributed by atoms with Gasteiger partial charge in [-0.3, -0.25) is 0 Å². The molecule has 1 aromatic rings. The van der Waals surface area contributed by atoms with Gasteiger partial charge in [-0.1, -0.05) is 44.5 Å². The lowest BCUT2D eigenvalue weighted by molar-refractivity contribution is 0.169. The molecule has 0 bridgehead atoms. The lowest BCUT2D eigenvalue weighted by atomic mass is 9.79. The van der Waals surface area contributed by atoms with Gasteiger partial charge in [-0.15, -0.1) is 0 Å². The monoisotopic (exact) mass is 311 g/mol. The second kappa shape index (κ2) is 6.46. The molecule has 1 N–H and O–H groups in total. The van der Waals surface area contributed by atoms with E-state index in [1.165, 1.54) is 0 Å². The second-order valence-electron chi connectivity index (χ2n) is 6.29. The molecule has 1 aliphatic rings. The predicted molar refractivity (Wildman–Crippen MR) is 84.2 cm³/mol. The van der Waals surface area contributed by atoms with E-state index in [0.29, 0.717) is 13.1 Å². The topological polar surface area (TPSA) is 57.6 Å². The Morgan fingerprint density at radius 2 is 1.67 bits per heavy atom. The zero-order valence-electron chi connectivity index (χ0n) is 12.9. The second-order valence-corrected chi connectivity index (χ2v) is 8.26. The van der Waals surface area contributed by atoms with Gasteiger partial charge in [0.2, 0.25) is 10.0 Å². The lowest BCUT2D eigenvalue weighted by Crippen LogP contribution is -2.42. The van der Waals surface area contributed by atoms with Crippen LogP contribution in [-0.4, -0.2) is 30.9 Å². The van der Waals surface area contributed by atoms with E-state index in [4.69, 9.17) is 5.11 Å². The zero-order valence-corrected chi connectivity index (χ0v) is 13.7. The van der Waals surface area contributed by atoms with Crippen molar-refractivity contribution in [2.24, 2.45) is 5.41 Å². The Morgan fingerprint density at radius 1 is 1.14 bits per heavy atom. The molecule has 0 amide bonds. The molecule has 0 aromatic heterocycles. The molecule has 1 heterocycles. The van der Waals surface area contributed by atoms with Crippen LogP contribution >= 0.6 is 0 Å². The van der Waals surface area contributed by atoms with Crippen molar-refractivity contribution in [3.63, 3.8) is 0 Å². The van der Waals surface area contributed by atoms with Gasteiger partial charge in [0.25, 0.3) is 0 Å². The van der Waals surface area contributed by atoms with Gasteiger partial charge in [0.1, 0.15) is 0 Å². The normalized spacial score (nSPS) is 19.6. The van der Waals surface area contributed by atoms with Crippen LogP contribution in [0.2, 0.25) is 0 Å². The van der Waals surface area contributed by atoms with Crippen LogP contribution < -0.4 is 0 Å². The first-order valence-corrected chi connectivity index (χ1v) is 9.16. The highest BCUT2D eigenvalue weighted by Crippen LogP contribution is 2.35. The summed E-state index contributed by atoms with van der Waals surface area (Å²) >= 11 is 0. The molecule has 0 unspecified atom stereocenters. The van der Waals surface area contributed by atoms with Crippen molar-refractivity contribution in [3.8, 4) is 0 Å². The Hall–Kier alpha value is -0.910. The lowest BCUT2D eigenvalue weighted by Gasteiger charge is -2.38. The average Bonchev–Trinajstić information content (AvgIpc) is 2.48. The molecule has 21 heavy (non-hydrogen) atoms. The fourth-order valence-electron chi connectivity index (χ4n) is 2.70. The standard InChI is InChI=1S/C16H25NO3S/c1-3-16(2)8-10-17(11-9-16)21(19,20)13-15-6-4-14(12-18)5-7-15/h4-7,18H,3,8-13H2,1-2H3. The van der Waals surface area contributed by atoms with Gasteiger partial charge in [0.05, 0.1) is 12.4 Å². The van der Waals surface area contributed by atoms with Gasteiger partial charge in [0, 0.05) is 13.1 Å². The summed E-state index contributed by atoms with van der Waals surface area (Å²) in [6, 6.07) is 7.11. The third-order valence-corrected chi connectivity index (χ3v) is 6.58. The Labute approximate surface area is 127 Å². The first-order chi connectivity index (χ1) is 9.88. The molecule has 0 aliphatic carbocycles. The van der Waals surface area contributed by atoms with Gasteiger partial charge in [-0.05, 0) is 29.4 Å². The fourth-order valence-corrected chi connectivity index (χ4v) is 4.24. The number of hydrogen-bond acceptors (Lipinski definition) is 3. The van der Waals surface area contributed by atoms with Crippen molar-refractivity contribution in [1.82, 2.24) is 4.31 Å². The summed E-state index contributed by atoms with van der Waals surface area (Å²) in [7, 11) is -3.24. The number of sulfonamides is 1. The summed E-state index contributed by atoms with van der Waals surface area (Å²) in [5, 5.41) is 9.01. The minimum atomic E-state index is -3.24. The molecule has 1 aliphatic heterocycles. The van der Waals surface area contributed by atoms with E-state index in [1.807, 2.05) is 0 Å². The largest absolute Gasteiger partial charge is 0.392 e. The maximum atomic E-state index is 12.5. The number of nitrogens with zero attached hydrogens (tertiary/aromatic N) is 1. The highest BCUT2D eigenvalue weighted by molar-refractivity contribution is 7.88. The van der Waals surface area contributed by atoms with Gasteiger partial charge >= 0.3 is 0 Å². The minimum absolute atomic E-state index is 0.0191. The van der Waals surface area contributed by atoms with E-state index in [9.17, 15) is 8.42 Å². The first kappa shape index (κ1) is 16.5. The molecular weight excluding hydrogens is 286 g/mol. The third kappa shape index (κ3) is 4.05. The van der Waals surface area contributed by atoms with Gasteiger partial charge in [0.15, 0.2) is 0 Å². The number of benzene rings is 1. The van der Waals surface area contributed by atoms with Crippen LogP contribution in [0.25, 0.3) is 0 Å². The van der Waals surface area contributed by atoms with E-state index >= 15 is 0 Å². The highest BCUT2D eigenvalue weighted by atomic mass is 32.2. The van der Waals surface area contributed by atoms with Crippen LogP contribution in [0.1, 0.15) is 44.2 Å². The number of piperidine rings is 1. The molecule has 0 saturated carbocycles. The Kier molecular flexibility index (Phi) is 5.07. The molecule has 1 aromatic carbocycles. The molecule has 0 atom stereocenters. The molecule has 1 saturated heterocycles. The molecule has 118 valence electrons. The number of aliphatic hydroxyl groups is 1. The van der Waals surface area contributed by atoms with E-state index in [1.54, 1.807) is 28.6 Å². The minimum Gasteiger partial charge on any atom is -0.392 e. The Balaban J connectivity index is 2.02. The summed E-state index contributed by atoms with van der Waals surface area (Å²) in [5.41, 5.74) is 1.86. The summed E-state index contributed by atoms with van der Waals surface area (Å²) in [4.78, 5) is 0. The molecule has 1 fully saturated rings. The molecular formula is C16H25NO3S. The van der Waals surface area contributed by atoms with Gasteiger partial charge < -0.3 is 5.11 Å². The number of aliphatic hydroxyl groups excluding tert-OH is 1. The van der Waals surface area contributed by atoms with Crippen molar-refractivity contribution in [2.45, 2.75) is 45.5 Å².